The van der Waals surface area contributed by atoms with Crippen LogP contribution < -0.4 is 9.47 Å². The van der Waals surface area contributed by atoms with Gasteiger partial charge in [-0.1, -0.05) is 76.6 Å². The molecule has 0 aromatic heterocycles. The molecule has 1 fully saturated rings. The monoisotopic (exact) mass is 489 g/mol. The van der Waals surface area contributed by atoms with Crippen molar-refractivity contribution < 1.29 is 14.3 Å². The summed E-state index contributed by atoms with van der Waals surface area (Å²) in [5.41, 5.74) is 3.67. The van der Waals surface area contributed by atoms with Gasteiger partial charge in [-0.2, -0.15) is 0 Å². The largest absolute Gasteiger partial charge is 0.494 e. The van der Waals surface area contributed by atoms with E-state index in [0.29, 0.717) is 13.1 Å². The van der Waals surface area contributed by atoms with E-state index in [4.69, 9.17) is 9.47 Å². The molecule has 0 atom stereocenters. The van der Waals surface area contributed by atoms with Crippen molar-refractivity contribution in [2.24, 2.45) is 0 Å². The Morgan fingerprint density at radius 3 is 1.47 bits per heavy atom. The maximum Gasteiger partial charge on any atom is 0.187 e. The number of likely N-dealkylation sites (N-methyl/N-ethyl adjacent to an activating group) is 1. The lowest BCUT2D eigenvalue weighted by atomic mass is 9.94. The SMILES string of the molecule is CCCCCCOc1ccc(/C=C2/CN(C)C/C(=C/c3ccc(OCCCCCC)cc3)C2=O)cc1. The summed E-state index contributed by atoms with van der Waals surface area (Å²) < 4.78 is 11.7. The van der Waals surface area contributed by atoms with Crippen LogP contribution in [-0.4, -0.2) is 44.0 Å². The van der Waals surface area contributed by atoms with Crippen LogP contribution in [0.25, 0.3) is 12.2 Å². The fourth-order valence-corrected chi connectivity index (χ4v) is 4.37. The predicted octanol–water partition coefficient (Wildman–Crippen LogP) is 7.59. The molecule has 0 radical (unpaired) electrons. The van der Waals surface area contributed by atoms with E-state index in [1.165, 1.54) is 38.5 Å². The molecule has 2 aromatic rings. The molecule has 0 N–H and O–H groups in total. The standard InChI is InChI=1S/C32H43NO3/c1-4-6-8-10-20-35-30-16-12-26(13-17-30)22-28-24-33(3)25-29(32(28)34)23-27-14-18-31(19-15-27)36-21-11-9-7-5-2/h12-19,22-23H,4-11,20-21,24-25H2,1-3H3/b28-22-,29-23-. The van der Waals surface area contributed by atoms with Gasteiger partial charge in [0.25, 0.3) is 0 Å². The number of nitrogens with zero attached hydrogens (tertiary/aromatic N) is 1. The summed E-state index contributed by atoms with van der Waals surface area (Å²) in [5.74, 6) is 1.89. The molecule has 3 rings (SSSR count). The van der Waals surface area contributed by atoms with Crippen molar-refractivity contribution in [2.75, 3.05) is 33.4 Å². The van der Waals surface area contributed by atoms with Crippen LogP contribution in [0.1, 0.15) is 76.3 Å². The number of unbranched alkanes of at least 4 members (excludes halogenated alkanes) is 6. The molecule has 1 aliphatic rings. The van der Waals surface area contributed by atoms with Gasteiger partial charge in [-0.25, -0.2) is 0 Å². The molecule has 194 valence electrons. The number of carbonyl (C=O) groups is 1. The van der Waals surface area contributed by atoms with Gasteiger partial charge >= 0.3 is 0 Å². The van der Waals surface area contributed by atoms with Crippen molar-refractivity contribution >= 4 is 17.9 Å². The van der Waals surface area contributed by atoms with E-state index in [-0.39, 0.29) is 5.78 Å². The van der Waals surface area contributed by atoms with E-state index < -0.39 is 0 Å². The first-order valence-corrected chi connectivity index (χ1v) is 13.7. The molecule has 0 bridgehead atoms. The minimum atomic E-state index is 0.126. The van der Waals surface area contributed by atoms with Crippen LogP contribution in [0.15, 0.2) is 59.7 Å². The van der Waals surface area contributed by atoms with Crippen LogP contribution in [0.2, 0.25) is 0 Å². The van der Waals surface area contributed by atoms with Crippen molar-refractivity contribution in [3.63, 3.8) is 0 Å². The van der Waals surface area contributed by atoms with Crippen LogP contribution >= 0.6 is 0 Å². The van der Waals surface area contributed by atoms with Crippen molar-refractivity contribution in [2.45, 2.75) is 65.2 Å². The topological polar surface area (TPSA) is 38.8 Å². The van der Waals surface area contributed by atoms with E-state index in [1.807, 2.05) is 60.7 Å². The van der Waals surface area contributed by atoms with E-state index in [9.17, 15) is 4.79 Å². The number of hydrogen-bond donors (Lipinski definition) is 0. The molecule has 1 heterocycles. The molecular weight excluding hydrogens is 446 g/mol. The third-order valence-electron chi connectivity index (χ3n) is 6.44. The van der Waals surface area contributed by atoms with Gasteiger partial charge < -0.3 is 9.47 Å². The highest BCUT2D eigenvalue weighted by molar-refractivity contribution is 6.14. The summed E-state index contributed by atoms with van der Waals surface area (Å²) in [6.45, 7) is 7.23. The van der Waals surface area contributed by atoms with Crippen LogP contribution in [0, 0.1) is 0 Å². The highest BCUT2D eigenvalue weighted by atomic mass is 16.5. The van der Waals surface area contributed by atoms with E-state index in [1.54, 1.807) is 0 Å². The van der Waals surface area contributed by atoms with Gasteiger partial charge in [0.05, 0.1) is 13.2 Å². The number of piperidine rings is 1. The number of likely N-dealkylation sites (tertiary alicyclic amines) is 1. The van der Waals surface area contributed by atoms with Crippen LogP contribution in [0.4, 0.5) is 0 Å². The minimum absolute atomic E-state index is 0.126. The first-order valence-electron chi connectivity index (χ1n) is 13.7. The molecule has 0 aliphatic carbocycles. The Bertz CT molecular complexity index is 910. The summed E-state index contributed by atoms with van der Waals surface area (Å²) >= 11 is 0. The number of ketones is 1. The van der Waals surface area contributed by atoms with Gasteiger partial charge in [0.2, 0.25) is 0 Å². The van der Waals surface area contributed by atoms with Crippen LogP contribution in [0.3, 0.4) is 0 Å². The average Bonchev–Trinajstić information content (AvgIpc) is 2.88. The molecule has 4 heteroatoms. The zero-order chi connectivity index (χ0) is 25.6. The Morgan fingerprint density at radius 2 is 1.08 bits per heavy atom. The highest BCUT2D eigenvalue weighted by Gasteiger charge is 2.23. The lowest BCUT2D eigenvalue weighted by molar-refractivity contribution is -0.113. The Kier molecular flexibility index (Phi) is 11.8. The van der Waals surface area contributed by atoms with Crippen molar-refractivity contribution in [1.82, 2.24) is 4.90 Å². The molecule has 1 saturated heterocycles. The number of carbonyl (C=O) groups excluding carboxylic acids is 1. The molecular formula is C32H43NO3. The number of hydrogen-bond acceptors (Lipinski definition) is 4. The van der Waals surface area contributed by atoms with Gasteiger partial charge in [-0.05, 0) is 67.4 Å². The quantitative estimate of drug-likeness (QED) is 0.202. The third kappa shape index (κ3) is 9.31. The lowest BCUT2D eigenvalue weighted by Gasteiger charge is -2.26. The first-order chi connectivity index (χ1) is 17.6. The summed E-state index contributed by atoms with van der Waals surface area (Å²) in [6, 6.07) is 16.1. The smallest absolute Gasteiger partial charge is 0.187 e. The molecule has 0 saturated carbocycles. The summed E-state index contributed by atoms with van der Waals surface area (Å²) in [7, 11) is 2.05. The Balaban J connectivity index is 1.59. The fourth-order valence-electron chi connectivity index (χ4n) is 4.37. The van der Waals surface area contributed by atoms with Crippen molar-refractivity contribution in [3.05, 3.63) is 70.8 Å². The molecule has 1 aliphatic heterocycles. The lowest BCUT2D eigenvalue weighted by Crippen LogP contribution is -2.34. The van der Waals surface area contributed by atoms with Crippen molar-refractivity contribution in [1.29, 1.82) is 0 Å². The Hall–Kier alpha value is -2.85. The summed E-state index contributed by atoms with van der Waals surface area (Å²) in [4.78, 5) is 15.4. The van der Waals surface area contributed by atoms with E-state index >= 15 is 0 Å². The van der Waals surface area contributed by atoms with Gasteiger partial charge in [0.15, 0.2) is 5.78 Å². The zero-order valence-corrected chi connectivity index (χ0v) is 22.4. The molecule has 0 unspecified atom stereocenters. The molecule has 36 heavy (non-hydrogen) atoms. The van der Waals surface area contributed by atoms with Gasteiger partial charge in [0, 0.05) is 24.2 Å². The maximum absolute atomic E-state index is 13.3. The second kappa shape index (κ2) is 15.3. The average molecular weight is 490 g/mol. The fraction of sp³-hybridized carbons (Fsp3) is 0.469. The second-order valence-corrected chi connectivity index (χ2v) is 9.80. The van der Waals surface area contributed by atoms with Gasteiger partial charge in [-0.15, -0.1) is 0 Å². The maximum atomic E-state index is 13.3. The molecule has 4 nitrogen and oxygen atoms in total. The van der Waals surface area contributed by atoms with E-state index in [0.717, 1.165) is 59.8 Å². The number of Topliss-reactive ketones (excluding diaryl/α,β-unsaturated/α-hetero) is 1. The highest BCUT2D eigenvalue weighted by Crippen LogP contribution is 2.23. The summed E-state index contributed by atoms with van der Waals surface area (Å²) in [6.07, 6.45) is 13.6. The van der Waals surface area contributed by atoms with E-state index in [2.05, 4.69) is 25.8 Å². The minimum Gasteiger partial charge on any atom is -0.494 e. The van der Waals surface area contributed by atoms with Gasteiger partial charge in [-0.3, -0.25) is 9.69 Å². The van der Waals surface area contributed by atoms with Crippen LogP contribution in [-0.2, 0) is 4.79 Å². The Labute approximate surface area is 218 Å². The second-order valence-electron chi connectivity index (χ2n) is 9.80. The van der Waals surface area contributed by atoms with Gasteiger partial charge in [0.1, 0.15) is 11.5 Å². The molecule has 2 aromatic carbocycles. The van der Waals surface area contributed by atoms with Crippen molar-refractivity contribution in [3.8, 4) is 11.5 Å². The molecule has 0 spiro atoms. The Morgan fingerprint density at radius 1 is 0.667 bits per heavy atom. The number of rotatable bonds is 14. The number of benzene rings is 2. The normalized spacial score (nSPS) is 16.6. The first kappa shape index (κ1) is 27.7. The molecule has 0 amide bonds. The predicted molar refractivity (Wildman–Crippen MR) is 151 cm³/mol. The third-order valence-corrected chi connectivity index (χ3v) is 6.44. The van der Waals surface area contributed by atoms with Crippen LogP contribution in [0.5, 0.6) is 11.5 Å². The zero-order valence-electron chi connectivity index (χ0n) is 22.4. The summed E-state index contributed by atoms with van der Waals surface area (Å²) in [5, 5.41) is 0. The number of ether oxygens (including phenoxy) is 2.